The number of nitrogens with one attached hydrogen (secondary N) is 2. The van der Waals surface area contributed by atoms with Crippen LogP contribution in [0.2, 0.25) is 0 Å². The molecule has 2 aromatic rings. The number of nitriles is 1. The molecule has 0 bridgehead atoms. The molecule has 0 aliphatic heterocycles. The first-order valence-electron chi connectivity index (χ1n) is 7.98. The summed E-state index contributed by atoms with van der Waals surface area (Å²) in [5.74, 6) is -0.439. The zero-order valence-corrected chi connectivity index (χ0v) is 15.9. The third-order valence-corrected chi connectivity index (χ3v) is 5.21. The van der Waals surface area contributed by atoms with Crippen molar-refractivity contribution in [3.63, 3.8) is 0 Å². The Morgan fingerprint density at radius 2 is 1.81 bits per heavy atom. The second kappa shape index (κ2) is 7.28. The minimum Gasteiger partial charge on any atom is -0.322 e. The number of benzene rings is 2. The van der Waals surface area contributed by atoms with Crippen molar-refractivity contribution >= 4 is 21.6 Å². The normalized spacial score (nSPS) is 11.7. The van der Waals surface area contributed by atoms with Gasteiger partial charge in [-0.15, -0.1) is 0 Å². The molecule has 0 aromatic heterocycles. The van der Waals surface area contributed by atoms with Crippen LogP contribution in [0.3, 0.4) is 0 Å². The average Bonchev–Trinajstić information content (AvgIpc) is 2.52. The van der Waals surface area contributed by atoms with E-state index in [-0.39, 0.29) is 10.5 Å². The second-order valence-corrected chi connectivity index (χ2v) is 8.66. The van der Waals surface area contributed by atoms with Crippen LogP contribution in [0.1, 0.15) is 42.3 Å². The minimum atomic E-state index is -3.75. The zero-order valence-electron chi connectivity index (χ0n) is 15.1. The topological polar surface area (TPSA) is 99.1 Å². The number of sulfonamides is 1. The van der Waals surface area contributed by atoms with Gasteiger partial charge in [0.25, 0.3) is 5.91 Å². The molecule has 0 radical (unpaired) electrons. The molecular weight excluding hydrogens is 350 g/mol. The molecule has 2 rings (SSSR count). The van der Waals surface area contributed by atoms with Gasteiger partial charge in [0.1, 0.15) is 0 Å². The first-order valence-corrected chi connectivity index (χ1v) is 9.46. The summed E-state index contributed by atoms with van der Waals surface area (Å²) in [5, 5.41) is 11.6. The molecule has 0 saturated carbocycles. The minimum absolute atomic E-state index is 0.0222. The van der Waals surface area contributed by atoms with Gasteiger partial charge in [0.15, 0.2) is 0 Å². The second-order valence-electron chi connectivity index (χ2n) is 6.98. The van der Waals surface area contributed by atoms with Crippen molar-refractivity contribution in [3.8, 4) is 6.07 Å². The number of amides is 1. The van der Waals surface area contributed by atoms with Gasteiger partial charge in [-0.25, -0.2) is 13.1 Å². The van der Waals surface area contributed by atoms with Crippen molar-refractivity contribution in [1.82, 2.24) is 4.72 Å². The lowest BCUT2D eigenvalue weighted by molar-refractivity contribution is 0.102. The van der Waals surface area contributed by atoms with Gasteiger partial charge in [0.05, 0.1) is 16.5 Å². The highest BCUT2D eigenvalue weighted by atomic mass is 32.2. The Morgan fingerprint density at radius 3 is 2.42 bits per heavy atom. The summed E-state index contributed by atoms with van der Waals surface area (Å²) in [6.45, 7) is 6.96. The molecule has 136 valence electrons. The number of anilines is 1. The fourth-order valence-corrected chi connectivity index (χ4v) is 3.78. The number of hydrogen-bond donors (Lipinski definition) is 2. The number of aryl methyl sites for hydroxylation is 1. The van der Waals surface area contributed by atoms with Crippen LogP contribution in [-0.2, 0) is 10.0 Å². The van der Waals surface area contributed by atoms with E-state index in [0.29, 0.717) is 16.8 Å². The van der Waals surface area contributed by atoms with E-state index in [1.54, 1.807) is 58.0 Å². The number of nitrogens with zero attached hydrogens (tertiary/aromatic N) is 1. The SMILES string of the molecule is Cc1ccc(S(=O)(=O)NC(C)(C)C)cc1C(=O)Nc1cccc(C#N)c1. The monoisotopic (exact) mass is 371 g/mol. The molecule has 2 N–H and O–H groups in total. The highest BCUT2D eigenvalue weighted by Crippen LogP contribution is 2.19. The van der Waals surface area contributed by atoms with E-state index in [4.69, 9.17) is 5.26 Å². The van der Waals surface area contributed by atoms with E-state index in [0.717, 1.165) is 0 Å². The first kappa shape index (κ1) is 19.6. The molecule has 0 fully saturated rings. The maximum Gasteiger partial charge on any atom is 0.255 e. The highest BCUT2D eigenvalue weighted by molar-refractivity contribution is 7.89. The average molecular weight is 371 g/mol. The first-order chi connectivity index (χ1) is 12.0. The predicted octanol–water partition coefficient (Wildman–Crippen LogP) is 3.20. The molecule has 0 aliphatic carbocycles. The fraction of sp³-hybridized carbons (Fsp3) is 0.263. The number of hydrogen-bond acceptors (Lipinski definition) is 4. The van der Waals surface area contributed by atoms with Gasteiger partial charge < -0.3 is 5.32 Å². The van der Waals surface area contributed by atoms with E-state index in [2.05, 4.69) is 10.0 Å². The standard InChI is InChI=1S/C19H21N3O3S/c1-13-8-9-16(26(24,25)22-19(2,3)4)11-17(13)18(23)21-15-7-5-6-14(10-15)12-20/h5-11,22H,1-4H3,(H,21,23). The van der Waals surface area contributed by atoms with Crippen LogP contribution in [0.4, 0.5) is 5.69 Å². The molecule has 0 spiro atoms. The summed E-state index contributed by atoms with van der Waals surface area (Å²) in [6.07, 6.45) is 0. The quantitative estimate of drug-likeness (QED) is 0.862. The van der Waals surface area contributed by atoms with Gasteiger partial charge in [-0.1, -0.05) is 12.1 Å². The van der Waals surface area contributed by atoms with Gasteiger partial charge in [0.2, 0.25) is 10.0 Å². The molecule has 0 atom stereocenters. The predicted molar refractivity (Wildman–Crippen MR) is 100 cm³/mol. The summed E-state index contributed by atoms with van der Waals surface area (Å²) < 4.78 is 27.6. The van der Waals surface area contributed by atoms with Crippen LogP contribution in [-0.4, -0.2) is 19.9 Å². The lowest BCUT2D eigenvalue weighted by Crippen LogP contribution is -2.40. The molecular formula is C19H21N3O3S. The Morgan fingerprint density at radius 1 is 1.12 bits per heavy atom. The van der Waals surface area contributed by atoms with Crippen LogP contribution in [0, 0.1) is 18.3 Å². The van der Waals surface area contributed by atoms with Crippen molar-refractivity contribution in [2.24, 2.45) is 0 Å². The van der Waals surface area contributed by atoms with Gasteiger partial charge in [-0.3, -0.25) is 4.79 Å². The largest absolute Gasteiger partial charge is 0.322 e. The van der Waals surface area contributed by atoms with Gasteiger partial charge in [0, 0.05) is 16.8 Å². The Kier molecular flexibility index (Phi) is 5.50. The van der Waals surface area contributed by atoms with Crippen molar-refractivity contribution in [1.29, 1.82) is 5.26 Å². The van der Waals surface area contributed by atoms with Crippen molar-refractivity contribution < 1.29 is 13.2 Å². The van der Waals surface area contributed by atoms with E-state index >= 15 is 0 Å². The summed E-state index contributed by atoms with van der Waals surface area (Å²) in [5.41, 5.74) is 1.15. The van der Waals surface area contributed by atoms with Crippen LogP contribution < -0.4 is 10.0 Å². The summed E-state index contributed by atoms with van der Waals surface area (Å²) in [7, 11) is -3.75. The van der Waals surface area contributed by atoms with Crippen LogP contribution in [0.25, 0.3) is 0 Å². The number of rotatable bonds is 4. The van der Waals surface area contributed by atoms with Gasteiger partial charge >= 0.3 is 0 Å². The van der Waals surface area contributed by atoms with Crippen LogP contribution >= 0.6 is 0 Å². The lowest BCUT2D eigenvalue weighted by atomic mass is 10.1. The maximum absolute atomic E-state index is 12.6. The third-order valence-electron chi connectivity index (χ3n) is 3.45. The number of carbonyl (C=O) groups excluding carboxylic acids is 1. The third kappa shape index (κ3) is 4.91. The molecule has 1 amide bonds. The molecule has 6 nitrogen and oxygen atoms in total. The Hall–Kier alpha value is -2.69. The molecule has 26 heavy (non-hydrogen) atoms. The zero-order chi connectivity index (χ0) is 19.5. The Bertz CT molecular complexity index is 984. The smallest absolute Gasteiger partial charge is 0.255 e. The Balaban J connectivity index is 2.35. The molecule has 7 heteroatoms. The molecule has 0 heterocycles. The molecule has 0 unspecified atom stereocenters. The Labute approximate surface area is 153 Å². The fourth-order valence-electron chi connectivity index (χ4n) is 2.34. The van der Waals surface area contributed by atoms with Gasteiger partial charge in [-0.05, 0) is 63.6 Å². The van der Waals surface area contributed by atoms with Crippen molar-refractivity contribution in [2.75, 3.05) is 5.32 Å². The number of carbonyl (C=O) groups is 1. The van der Waals surface area contributed by atoms with E-state index in [9.17, 15) is 13.2 Å². The summed E-state index contributed by atoms with van der Waals surface area (Å²) >= 11 is 0. The van der Waals surface area contributed by atoms with Crippen molar-refractivity contribution in [2.45, 2.75) is 38.1 Å². The van der Waals surface area contributed by atoms with E-state index in [1.165, 1.54) is 12.1 Å². The van der Waals surface area contributed by atoms with Gasteiger partial charge in [-0.2, -0.15) is 5.26 Å². The van der Waals surface area contributed by atoms with E-state index < -0.39 is 21.5 Å². The highest BCUT2D eigenvalue weighted by Gasteiger charge is 2.23. The lowest BCUT2D eigenvalue weighted by Gasteiger charge is -2.20. The van der Waals surface area contributed by atoms with E-state index in [1.807, 2.05) is 6.07 Å². The van der Waals surface area contributed by atoms with Crippen LogP contribution in [0.5, 0.6) is 0 Å². The van der Waals surface area contributed by atoms with Crippen molar-refractivity contribution in [3.05, 3.63) is 59.2 Å². The molecule has 2 aromatic carbocycles. The maximum atomic E-state index is 12.6. The molecule has 0 aliphatic rings. The summed E-state index contributed by atoms with van der Waals surface area (Å²) in [6, 6.07) is 12.9. The van der Waals surface area contributed by atoms with Crippen LogP contribution in [0.15, 0.2) is 47.4 Å². The summed E-state index contributed by atoms with van der Waals surface area (Å²) in [4.78, 5) is 12.6. The molecule has 0 saturated heterocycles.